The molecule has 1 atom stereocenters. The smallest absolute Gasteiger partial charge is 0.230 e. The van der Waals surface area contributed by atoms with Crippen molar-refractivity contribution in [1.82, 2.24) is 4.98 Å². The van der Waals surface area contributed by atoms with Crippen LogP contribution in [-0.2, 0) is 10.5 Å². The van der Waals surface area contributed by atoms with E-state index < -0.39 is 0 Å². The lowest BCUT2D eigenvalue weighted by molar-refractivity contribution is -0.117. The first kappa shape index (κ1) is 13.6. The number of oxazole rings is 1. The average molecular weight is 280 g/mol. The van der Waals surface area contributed by atoms with Gasteiger partial charge in [-0.15, -0.1) is 11.8 Å². The van der Waals surface area contributed by atoms with Gasteiger partial charge in [-0.05, 0) is 31.2 Å². The summed E-state index contributed by atoms with van der Waals surface area (Å²) in [5, 5.41) is -0.272. The second kappa shape index (κ2) is 5.88. The monoisotopic (exact) mass is 280 g/mol. The summed E-state index contributed by atoms with van der Waals surface area (Å²) in [6, 6.07) is 5.90. The molecule has 0 unspecified atom stereocenters. The van der Waals surface area contributed by atoms with Crippen molar-refractivity contribution in [2.45, 2.75) is 17.9 Å². The van der Waals surface area contributed by atoms with Gasteiger partial charge in [-0.3, -0.25) is 4.79 Å². The van der Waals surface area contributed by atoms with Gasteiger partial charge in [-0.25, -0.2) is 9.37 Å². The molecule has 0 aliphatic heterocycles. The summed E-state index contributed by atoms with van der Waals surface area (Å²) in [6.45, 7) is 1.74. The summed E-state index contributed by atoms with van der Waals surface area (Å²) < 4.78 is 18.1. The third kappa shape index (κ3) is 3.57. The van der Waals surface area contributed by atoms with Crippen LogP contribution < -0.4 is 5.73 Å². The maximum atomic E-state index is 12.8. The molecule has 2 N–H and O–H groups in total. The van der Waals surface area contributed by atoms with Crippen LogP contribution in [0.2, 0.25) is 0 Å². The number of thioether (sulfide) groups is 1. The van der Waals surface area contributed by atoms with Gasteiger partial charge in [-0.2, -0.15) is 0 Å². The normalized spacial score (nSPS) is 12.3. The summed E-state index contributed by atoms with van der Waals surface area (Å²) in [4.78, 5) is 15.2. The first-order valence-corrected chi connectivity index (χ1v) is 6.72. The predicted octanol–water partition coefficient (Wildman–Crippen LogP) is 2.59. The largest absolute Gasteiger partial charge is 0.444 e. The van der Waals surface area contributed by atoms with Crippen molar-refractivity contribution in [1.29, 1.82) is 0 Å². The summed E-state index contributed by atoms with van der Waals surface area (Å²) >= 11 is 1.39. The lowest BCUT2D eigenvalue weighted by Crippen LogP contribution is -2.22. The molecule has 4 nitrogen and oxygen atoms in total. The molecule has 2 aromatic rings. The number of carbonyl (C=O) groups is 1. The maximum absolute atomic E-state index is 12.8. The van der Waals surface area contributed by atoms with Gasteiger partial charge in [0.15, 0.2) is 0 Å². The highest BCUT2D eigenvalue weighted by molar-refractivity contribution is 7.99. The van der Waals surface area contributed by atoms with E-state index in [1.165, 1.54) is 30.2 Å². The Morgan fingerprint density at radius 3 is 2.79 bits per heavy atom. The Labute approximate surface area is 114 Å². The lowest BCUT2D eigenvalue weighted by atomic mass is 10.2. The first-order valence-electron chi connectivity index (χ1n) is 5.67. The Morgan fingerprint density at radius 2 is 2.16 bits per heavy atom. The van der Waals surface area contributed by atoms with E-state index in [0.29, 0.717) is 17.2 Å². The van der Waals surface area contributed by atoms with E-state index in [4.69, 9.17) is 10.2 Å². The number of benzene rings is 1. The van der Waals surface area contributed by atoms with Crippen molar-refractivity contribution in [2.75, 3.05) is 0 Å². The number of amides is 1. The fourth-order valence-corrected chi connectivity index (χ4v) is 2.11. The van der Waals surface area contributed by atoms with Gasteiger partial charge in [0.2, 0.25) is 11.8 Å². The molecule has 1 amide bonds. The van der Waals surface area contributed by atoms with Crippen molar-refractivity contribution >= 4 is 17.7 Å². The van der Waals surface area contributed by atoms with Crippen LogP contribution in [0.1, 0.15) is 12.6 Å². The van der Waals surface area contributed by atoms with Crippen LogP contribution in [-0.4, -0.2) is 16.1 Å². The van der Waals surface area contributed by atoms with Gasteiger partial charge in [0.05, 0.1) is 10.9 Å². The number of halogens is 1. The molecule has 0 saturated heterocycles. The van der Waals surface area contributed by atoms with Crippen LogP contribution in [0.5, 0.6) is 0 Å². The summed E-state index contributed by atoms with van der Waals surface area (Å²) in [6.07, 6.45) is 1.53. The quantitative estimate of drug-likeness (QED) is 0.914. The van der Waals surface area contributed by atoms with Crippen LogP contribution in [0.25, 0.3) is 11.5 Å². The van der Waals surface area contributed by atoms with Crippen molar-refractivity contribution < 1.29 is 13.6 Å². The van der Waals surface area contributed by atoms with Gasteiger partial charge in [0, 0.05) is 11.3 Å². The third-order valence-corrected chi connectivity index (χ3v) is 3.72. The fraction of sp³-hybridized carbons (Fsp3) is 0.231. The number of hydrogen-bond donors (Lipinski definition) is 1. The molecule has 0 bridgehead atoms. The molecular formula is C13H13FN2O2S. The van der Waals surface area contributed by atoms with Gasteiger partial charge in [0.1, 0.15) is 12.1 Å². The lowest BCUT2D eigenvalue weighted by Gasteiger charge is -2.03. The average Bonchev–Trinajstić information content (AvgIpc) is 2.85. The minimum atomic E-state index is -0.354. The highest BCUT2D eigenvalue weighted by Crippen LogP contribution is 2.22. The zero-order valence-electron chi connectivity index (χ0n) is 10.3. The number of hydrogen-bond acceptors (Lipinski definition) is 4. The number of nitrogens with two attached hydrogens (primary N) is 1. The van der Waals surface area contributed by atoms with Crippen LogP contribution in [0.4, 0.5) is 4.39 Å². The van der Waals surface area contributed by atoms with Gasteiger partial charge in [0.25, 0.3) is 0 Å². The van der Waals surface area contributed by atoms with Crippen LogP contribution in [0, 0.1) is 5.82 Å². The molecule has 100 valence electrons. The highest BCUT2D eigenvalue weighted by Gasteiger charge is 2.12. The molecule has 0 saturated carbocycles. The molecule has 1 aromatic carbocycles. The molecule has 0 spiro atoms. The van der Waals surface area contributed by atoms with Crippen LogP contribution in [0.3, 0.4) is 0 Å². The zero-order chi connectivity index (χ0) is 13.8. The van der Waals surface area contributed by atoms with Crippen LogP contribution >= 0.6 is 11.8 Å². The molecule has 19 heavy (non-hydrogen) atoms. The van der Waals surface area contributed by atoms with E-state index in [9.17, 15) is 9.18 Å². The predicted molar refractivity (Wildman–Crippen MR) is 71.8 cm³/mol. The maximum Gasteiger partial charge on any atom is 0.230 e. The molecule has 0 aliphatic rings. The van der Waals surface area contributed by atoms with Crippen molar-refractivity contribution in [3.05, 3.63) is 42.0 Å². The molecule has 0 aliphatic carbocycles. The van der Waals surface area contributed by atoms with E-state index in [0.717, 1.165) is 5.69 Å². The Kier molecular flexibility index (Phi) is 4.21. The number of carbonyl (C=O) groups excluding carboxylic acids is 1. The summed E-state index contributed by atoms with van der Waals surface area (Å²) in [5.74, 6) is 0.311. The fourth-order valence-electron chi connectivity index (χ4n) is 1.39. The standard InChI is InChI=1S/C13H13FN2O2S/c1-8(12(15)17)19-7-11-6-18-13(16-11)9-2-4-10(14)5-3-9/h2-6,8H,7H2,1H3,(H2,15,17)/t8-/m0/s1. The van der Waals surface area contributed by atoms with Crippen molar-refractivity contribution in [2.24, 2.45) is 5.73 Å². The second-order valence-corrected chi connectivity index (χ2v) is 5.34. The molecule has 0 radical (unpaired) electrons. The van der Waals surface area contributed by atoms with E-state index in [-0.39, 0.29) is 17.0 Å². The molecule has 0 fully saturated rings. The first-order chi connectivity index (χ1) is 9.06. The Morgan fingerprint density at radius 1 is 1.47 bits per heavy atom. The number of nitrogens with zero attached hydrogens (tertiary/aromatic N) is 1. The number of rotatable bonds is 5. The van der Waals surface area contributed by atoms with E-state index in [1.807, 2.05) is 0 Å². The SMILES string of the molecule is C[C@H](SCc1coc(-c2ccc(F)cc2)n1)C(N)=O. The minimum absolute atomic E-state index is 0.272. The molecule has 6 heteroatoms. The van der Waals surface area contributed by atoms with Crippen molar-refractivity contribution in [3.8, 4) is 11.5 Å². The molecule has 1 heterocycles. The molecular weight excluding hydrogens is 267 g/mol. The van der Waals surface area contributed by atoms with Crippen LogP contribution in [0.15, 0.2) is 34.9 Å². The van der Waals surface area contributed by atoms with Crippen molar-refractivity contribution in [3.63, 3.8) is 0 Å². The summed E-state index contributed by atoms with van der Waals surface area (Å²) in [7, 11) is 0. The topological polar surface area (TPSA) is 69.1 Å². The Bertz CT molecular complexity index is 568. The minimum Gasteiger partial charge on any atom is -0.444 e. The number of primary amides is 1. The summed E-state index contributed by atoms with van der Waals surface area (Å²) in [5.41, 5.74) is 6.60. The highest BCUT2D eigenvalue weighted by atomic mass is 32.2. The molecule has 1 aromatic heterocycles. The molecule has 2 rings (SSSR count). The second-order valence-electron chi connectivity index (χ2n) is 4.01. The van der Waals surface area contributed by atoms with E-state index >= 15 is 0 Å². The number of aromatic nitrogens is 1. The van der Waals surface area contributed by atoms with E-state index in [2.05, 4.69) is 4.98 Å². The Hall–Kier alpha value is -1.82. The van der Waals surface area contributed by atoms with Gasteiger partial charge >= 0.3 is 0 Å². The third-order valence-electron chi connectivity index (χ3n) is 2.52. The Balaban J connectivity index is 2.03. The van der Waals surface area contributed by atoms with Gasteiger partial charge in [-0.1, -0.05) is 0 Å². The van der Waals surface area contributed by atoms with Gasteiger partial charge < -0.3 is 10.2 Å². The zero-order valence-corrected chi connectivity index (χ0v) is 11.1. The van der Waals surface area contributed by atoms with E-state index in [1.54, 1.807) is 19.1 Å².